The number of nitrogens with one attached hydrogen (secondary N) is 1. The predicted molar refractivity (Wildman–Crippen MR) is 77.3 cm³/mol. The smallest absolute Gasteiger partial charge is 0.228 e. The molecule has 96 valence electrons. The predicted octanol–water partition coefficient (Wildman–Crippen LogP) is 3.28. The first-order chi connectivity index (χ1) is 8.58. The monoisotopic (exact) mass is 244 g/mol. The number of amides is 1. The molecule has 0 unspecified atom stereocenters. The van der Waals surface area contributed by atoms with E-state index in [1.807, 2.05) is 19.1 Å². The highest BCUT2D eigenvalue weighted by Gasteiger charge is 2.16. The Hall–Kier alpha value is -2.03. The van der Waals surface area contributed by atoms with Crippen molar-refractivity contribution in [3.8, 4) is 0 Å². The first-order valence-corrected chi connectivity index (χ1v) is 5.97. The lowest BCUT2D eigenvalue weighted by Gasteiger charge is -2.15. The van der Waals surface area contributed by atoms with E-state index in [1.54, 1.807) is 18.2 Å². The van der Waals surface area contributed by atoms with Gasteiger partial charge in [0.1, 0.15) is 0 Å². The van der Waals surface area contributed by atoms with E-state index in [-0.39, 0.29) is 11.8 Å². The number of rotatable bonds is 6. The Morgan fingerprint density at radius 2 is 2.00 bits per heavy atom. The van der Waals surface area contributed by atoms with Crippen molar-refractivity contribution in [3.05, 3.63) is 49.1 Å². The van der Waals surface area contributed by atoms with Gasteiger partial charge < -0.3 is 11.1 Å². The van der Waals surface area contributed by atoms with Crippen molar-refractivity contribution in [1.29, 1.82) is 0 Å². The van der Waals surface area contributed by atoms with Crippen LogP contribution in [-0.2, 0) is 4.79 Å². The van der Waals surface area contributed by atoms with Crippen LogP contribution in [0.2, 0.25) is 0 Å². The summed E-state index contributed by atoms with van der Waals surface area (Å²) in [6.07, 6.45) is 4.78. The van der Waals surface area contributed by atoms with Gasteiger partial charge in [0.15, 0.2) is 0 Å². The molecule has 0 atom stereocenters. The maximum Gasteiger partial charge on any atom is 0.228 e. The van der Waals surface area contributed by atoms with Gasteiger partial charge in [-0.2, -0.15) is 0 Å². The van der Waals surface area contributed by atoms with Crippen molar-refractivity contribution < 1.29 is 4.79 Å². The topological polar surface area (TPSA) is 55.1 Å². The number of nitrogens with two attached hydrogens (primary N) is 1. The summed E-state index contributed by atoms with van der Waals surface area (Å²) < 4.78 is 0. The summed E-state index contributed by atoms with van der Waals surface area (Å²) in [7, 11) is 0. The van der Waals surface area contributed by atoms with Crippen LogP contribution in [0.1, 0.15) is 18.4 Å². The molecule has 0 fully saturated rings. The van der Waals surface area contributed by atoms with E-state index in [2.05, 4.69) is 18.5 Å². The number of carbonyl (C=O) groups excluding carboxylic acids is 1. The van der Waals surface area contributed by atoms with Gasteiger partial charge in [-0.25, -0.2) is 0 Å². The van der Waals surface area contributed by atoms with Crippen molar-refractivity contribution in [3.63, 3.8) is 0 Å². The molecule has 0 aliphatic rings. The van der Waals surface area contributed by atoms with Crippen LogP contribution in [0.3, 0.4) is 0 Å². The molecule has 3 nitrogen and oxygen atoms in total. The van der Waals surface area contributed by atoms with Crippen molar-refractivity contribution in [2.75, 3.05) is 11.1 Å². The first kappa shape index (κ1) is 14.0. The molecule has 1 aromatic carbocycles. The zero-order valence-corrected chi connectivity index (χ0v) is 10.8. The van der Waals surface area contributed by atoms with Crippen LogP contribution in [0.5, 0.6) is 0 Å². The third-order valence-corrected chi connectivity index (χ3v) is 2.79. The van der Waals surface area contributed by atoms with E-state index in [4.69, 9.17) is 5.73 Å². The molecular weight excluding hydrogens is 224 g/mol. The average Bonchev–Trinajstić information content (AvgIpc) is 2.33. The normalized spacial score (nSPS) is 10.1. The van der Waals surface area contributed by atoms with Crippen molar-refractivity contribution in [1.82, 2.24) is 0 Å². The maximum atomic E-state index is 12.1. The largest absolute Gasteiger partial charge is 0.399 e. The van der Waals surface area contributed by atoms with Crippen LogP contribution in [0.15, 0.2) is 43.5 Å². The Morgan fingerprint density at radius 3 is 2.56 bits per heavy atom. The second kappa shape index (κ2) is 6.64. The minimum atomic E-state index is -0.124. The number of benzene rings is 1. The summed E-state index contributed by atoms with van der Waals surface area (Å²) in [6, 6.07) is 5.48. The molecule has 3 N–H and O–H groups in total. The molecule has 0 spiro atoms. The van der Waals surface area contributed by atoms with Gasteiger partial charge in [-0.05, 0) is 37.5 Å². The second-order valence-electron chi connectivity index (χ2n) is 4.31. The Morgan fingerprint density at radius 1 is 1.39 bits per heavy atom. The van der Waals surface area contributed by atoms with Crippen LogP contribution in [0.25, 0.3) is 0 Å². The summed E-state index contributed by atoms with van der Waals surface area (Å²) >= 11 is 0. The molecule has 1 rings (SSSR count). The Kier molecular flexibility index (Phi) is 5.18. The quantitative estimate of drug-likeness (QED) is 0.596. The molecular formula is C15H20N2O. The minimum absolute atomic E-state index is 0.0245. The lowest BCUT2D eigenvalue weighted by Crippen LogP contribution is -2.22. The fourth-order valence-electron chi connectivity index (χ4n) is 1.72. The molecule has 0 aromatic heterocycles. The molecule has 3 heteroatoms. The van der Waals surface area contributed by atoms with E-state index < -0.39 is 0 Å². The maximum absolute atomic E-state index is 12.1. The summed E-state index contributed by atoms with van der Waals surface area (Å²) in [5.41, 5.74) is 8.11. The molecule has 0 aliphatic carbocycles. The first-order valence-electron chi connectivity index (χ1n) is 5.97. The van der Waals surface area contributed by atoms with E-state index >= 15 is 0 Å². The summed E-state index contributed by atoms with van der Waals surface area (Å²) in [4.78, 5) is 12.1. The Bertz CT molecular complexity index is 442. The number of anilines is 2. The SMILES string of the molecule is C=CCC(CC=C)C(=O)Nc1cc(N)ccc1C. The van der Waals surface area contributed by atoms with Crippen molar-refractivity contribution in [2.45, 2.75) is 19.8 Å². The zero-order valence-electron chi connectivity index (χ0n) is 10.8. The molecule has 1 amide bonds. The van der Waals surface area contributed by atoms with Gasteiger partial charge in [0.2, 0.25) is 5.91 Å². The van der Waals surface area contributed by atoms with Gasteiger partial charge in [-0.1, -0.05) is 18.2 Å². The number of hydrogen-bond acceptors (Lipinski definition) is 2. The second-order valence-corrected chi connectivity index (χ2v) is 4.31. The third-order valence-electron chi connectivity index (χ3n) is 2.79. The van der Waals surface area contributed by atoms with Crippen molar-refractivity contribution in [2.24, 2.45) is 5.92 Å². The van der Waals surface area contributed by atoms with E-state index in [1.165, 1.54) is 0 Å². The van der Waals surface area contributed by atoms with Crippen LogP contribution in [0, 0.1) is 12.8 Å². The summed E-state index contributed by atoms with van der Waals surface area (Å²) in [5.74, 6) is -0.149. The van der Waals surface area contributed by atoms with Crippen LogP contribution >= 0.6 is 0 Å². The van der Waals surface area contributed by atoms with Gasteiger partial charge in [0.25, 0.3) is 0 Å². The third kappa shape index (κ3) is 3.77. The highest BCUT2D eigenvalue weighted by atomic mass is 16.1. The molecule has 0 heterocycles. The molecule has 18 heavy (non-hydrogen) atoms. The molecule has 0 saturated heterocycles. The average molecular weight is 244 g/mol. The number of nitrogen functional groups attached to an aromatic ring is 1. The van der Waals surface area contributed by atoms with Gasteiger partial charge in [-0.15, -0.1) is 13.2 Å². The van der Waals surface area contributed by atoms with Crippen molar-refractivity contribution >= 4 is 17.3 Å². The van der Waals surface area contributed by atoms with Gasteiger partial charge in [-0.3, -0.25) is 4.79 Å². The summed E-state index contributed by atoms with van der Waals surface area (Å²) in [5, 5.41) is 2.91. The van der Waals surface area contributed by atoms with Gasteiger partial charge in [0.05, 0.1) is 0 Å². The zero-order chi connectivity index (χ0) is 13.5. The number of allylic oxidation sites excluding steroid dienone is 2. The van der Waals surface area contributed by atoms with E-state index in [0.29, 0.717) is 18.5 Å². The molecule has 0 saturated carbocycles. The Labute approximate surface area is 108 Å². The molecule has 0 radical (unpaired) electrons. The van der Waals surface area contributed by atoms with E-state index in [0.717, 1.165) is 11.3 Å². The lowest BCUT2D eigenvalue weighted by atomic mass is 10.00. The molecule has 0 bridgehead atoms. The molecule has 1 aromatic rings. The fraction of sp³-hybridized carbons (Fsp3) is 0.267. The standard InChI is InChI=1S/C15H20N2O/c1-4-6-12(7-5-2)15(18)17-14-10-13(16)9-8-11(14)3/h4-5,8-10,12H,1-2,6-7,16H2,3H3,(H,17,18). The lowest BCUT2D eigenvalue weighted by molar-refractivity contribution is -0.119. The van der Waals surface area contributed by atoms with Crippen LogP contribution in [-0.4, -0.2) is 5.91 Å². The van der Waals surface area contributed by atoms with Crippen LogP contribution < -0.4 is 11.1 Å². The highest BCUT2D eigenvalue weighted by Crippen LogP contribution is 2.20. The fourth-order valence-corrected chi connectivity index (χ4v) is 1.72. The highest BCUT2D eigenvalue weighted by molar-refractivity contribution is 5.93. The number of aryl methyl sites for hydroxylation is 1. The Balaban J connectivity index is 2.81. The summed E-state index contributed by atoms with van der Waals surface area (Å²) in [6.45, 7) is 9.27. The van der Waals surface area contributed by atoms with E-state index in [9.17, 15) is 4.79 Å². The van der Waals surface area contributed by atoms with Crippen LogP contribution in [0.4, 0.5) is 11.4 Å². The molecule has 0 aliphatic heterocycles. The van der Waals surface area contributed by atoms with Gasteiger partial charge in [0, 0.05) is 17.3 Å². The van der Waals surface area contributed by atoms with Gasteiger partial charge >= 0.3 is 0 Å². The minimum Gasteiger partial charge on any atom is -0.399 e. The number of carbonyl (C=O) groups is 1. The number of hydrogen-bond donors (Lipinski definition) is 2.